The standard InChI is InChI=1S/C18H17N3O2S/c1-11-5-6-12-14(10-24-15(12)8-11)17(22)13(9-19)18(23)21-16-4-2-3-7-20-16/h2-4,7,10-11,13H,5-6,8H2,1H3,(H,20,21,23)/t11-,13-/m1/s1. The second-order valence-corrected chi connectivity index (χ2v) is 6.99. The highest BCUT2D eigenvalue weighted by Gasteiger charge is 2.32. The molecule has 2 heterocycles. The Bertz CT molecular complexity index is 807. The molecule has 0 unspecified atom stereocenters. The normalized spacial score (nSPS) is 17.4. The lowest BCUT2D eigenvalue weighted by atomic mass is 9.86. The molecule has 2 aromatic rings. The molecule has 0 radical (unpaired) electrons. The van der Waals surface area contributed by atoms with Crippen molar-refractivity contribution in [1.29, 1.82) is 5.26 Å². The molecular weight excluding hydrogens is 322 g/mol. The van der Waals surface area contributed by atoms with Gasteiger partial charge in [-0.3, -0.25) is 9.59 Å². The number of ketones is 1. The van der Waals surface area contributed by atoms with E-state index in [1.807, 2.05) is 6.07 Å². The first kappa shape index (κ1) is 16.3. The molecule has 1 amide bonds. The fourth-order valence-electron chi connectivity index (χ4n) is 2.91. The topological polar surface area (TPSA) is 82.8 Å². The van der Waals surface area contributed by atoms with Gasteiger partial charge in [0, 0.05) is 22.0 Å². The fraction of sp³-hybridized carbons (Fsp3) is 0.333. The summed E-state index contributed by atoms with van der Waals surface area (Å²) in [4.78, 5) is 30.2. The molecular formula is C18H17N3O2S. The quantitative estimate of drug-likeness (QED) is 0.685. The first-order valence-corrected chi connectivity index (χ1v) is 8.73. The van der Waals surface area contributed by atoms with Gasteiger partial charge in [-0.05, 0) is 42.9 Å². The van der Waals surface area contributed by atoms with Gasteiger partial charge in [0.2, 0.25) is 0 Å². The second kappa shape index (κ2) is 6.93. The van der Waals surface area contributed by atoms with Gasteiger partial charge in [-0.25, -0.2) is 4.98 Å². The molecule has 1 aliphatic rings. The van der Waals surface area contributed by atoms with E-state index in [4.69, 9.17) is 0 Å². The van der Waals surface area contributed by atoms with Gasteiger partial charge >= 0.3 is 0 Å². The van der Waals surface area contributed by atoms with Crippen molar-refractivity contribution in [3.63, 3.8) is 0 Å². The van der Waals surface area contributed by atoms with Crippen molar-refractivity contribution in [3.8, 4) is 6.07 Å². The minimum absolute atomic E-state index is 0.330. The van der Waals surface area contributed by atoms with Crippen LogP contribution in [0.1, 0.15) is 34.1 Å². The molecule has 0 saturated heterocycles. The Morgan fingerprint density at radius 1 is 1.46 bits per heavy atom. The molecule has 0 spiro atoms. The Balaban J connectivity index is 1.80. The van der Waals surface area contributed by atoms with Crippen molar-refractivity contribution >= 4 is 28.8 Å². The highest BCUT2D eigenvalue weighted by molar-refractivity contribution is 7.10. The number of aromatic nitrogens is 1. The van der Waals surface area contributed by atoms with Crippen molar-refractivity contribution in [2.24, 2.45) is 11.8 Å². The van der Waals surface area contributed by atoms with Gasteiger partial charge in [-0.2, -0.15) is 5.26 Å². The zero-order valence-electron chi connectivity index (χ0n) is 13.3. The van der Waals surface area contributed by atoms with Gasteiger partial charge in [0.1, 0.15) is 5.82 Å². The number of amides is 1. The number of anilines is 1. The van der Waals surface area contributed by atoms with Crippen molar-refractivity contribution in [2.75, 3.05) is 5.32 Å². The summed E-state index contributed by atoms with van der Waals surface area (Å²) in [7, 11) is 0. The lowest BCUT2D eigenvalue weighted by Gasteiger charge is -2.19. The molecule has 1 N–H and O–H groups in total. The summed E-state index contributed by atoms with van der Waals surface area (Å²) in [6.45, 7) is 2.20. The summed E-state index contributed by atoms with van der Waals surface area (Å²) in [6.07, 6.45) is 4.36. The third-order valence-corrected chi connectivity index (χ3v) is 5.29. The minimum Gasteiger partial charge on any atom is -0.309 e. The van der Waals surface area contributed by atoms with E-state index in [0.29, 0.717) is 17.3 Å². The average Bonchev–Trinajstić information content (AvgIpc) is 2.99. The maximum atomic E-state index is 12.7. The first-order valence-electron chi connectivity index (χ1n) is 7.85. The van der Waals surface area contributed by atoms with E-state index in [9.17, 15) is 14.9 Å². The van der Waals surface area contributed by atoms with Crippen molar-refractivity contribution in [1.82, 2.24) is 4.98 Å². The molecule has 0 fully saturated rings. The number of Topliss-reactive ketones (excluding diaryl/α,β-unsaturated/α-hetero) is 1. The fourth-order valence-corrected chi connectivity index (χ4v) is 4.16. The van der Waals surface area contributed by atoms with Crippen LogP contribution in [0.5, 0.6) is 0 Å². The number of rotatable bonds is 4. The van der Waals surface area contributed by atoms with E-state index in [2.05, 4.69) is 17.2 Å². The van der Waals surface area contributed by atoms with Gasteiger partial charge in [-0.1, -0.05) is 13.0 Å². The summed E-state index contributed by atoms with van der Waals surface area (Å²) < 4.78 is 0. The highest BCUT2D eigenvalue weighted by Crippen LogP contribution is 2.34. The molecule has 2 atom stereocenters. The highest BCUT2D eigenvalue weighted by atomic mass is 32.1. The van der Waals surface area contributed by atoms with E-state index in [0.717, 1.165) is 24.8 Å². The van der Waals surface area contributed by atoms with Crippen LogP contribution in [0.25, 0.3) is 0 Å². The van der Waals surface area contributed by atoms with Crippen LogP contribution >= 0.6 is 11.3 Å². The SMILES string of the molecule is C[C@@H]1CCc2c(C(=O)[C@@H](C#N)C(=O)Nc3ccccn3)csc2C1. The summed E-state index contributed by atoms with van der Waals surface area (Å²) >= 11 is 1.55. The molecule has 24 heavy (non-hydrogen) atoms. The van der Waals surface area contributed by atoms with Crippen LogP contribution in [0.4, 0.5) is 5.82 Å². The number of nitriles is 1. The van der Waals surface area contributed by atoms with Gasteiger partial charge < -0.3 is 5.32 Å². The van der Waals surface area contributed by atoms with Crippen LogP contribution in [-0.4, -0.2) is 16.7 Å². The van der Waals surface area contributed by atoms with Gasteiger partial charge in [0.05, 0.1) is 6.07 Å². The molecule has 0 aliphatic heterocycles. The van der Waals surface area contributed by atoms with E-state index < -0.39 is 17.6 Å². The first-order chi connectivity index (χ1) is 11.6. The third-order valence-electron chi connectivity index (χ3n) is 4.24. The number of thiophene rings is 1. The Morgan fingerprint density at radius 2 is 2.29 bits per heavy atom. The zero-order chi connectivity index (χ0) is 17.1. The van der Waals surface area contributed by atoms with E-state index in [-0.39, 0.29) is 0 Å². The van der Waals surface area contributed by atoms with E-state index in [1.54, 1.807) is 34.9 Å². The van der Waals surface area contributed by atoms with Gasteiger partial charge in [0.15, 0.2) is 11.7 Å². The molecule has 1 aliphatic carbocycles. The van der Waals surface area contributed by atoms with Crippen molar-refractivity contribution in [2.45, 2.75) is 26.2 Å². The van der Waals surface area contributed by atoms with Crippen LogP contribution in [0.15, 0.2) is 29.8 Å². The number of hydrogen-bond donors (Lipinski definition) is 1. The van der Waals surface area contributed by atoms with Crippen LogP contribution in [0.2, 0.25) is 0 Å². The summed E-state index contributed by atoms with van der Waals surface area (Å²) in [5.74, 6) is -1.47. The number of fused-ring (bicyclic) bond motifs is 1. The molecule has 122 valence electrons. The molecule has 6 heteroatoms. The third kappa shape index (κ3) is 3.22. The smallest absolute Gasteiger partial charge is 0.250 e. The largest absolute Gasteiger partial charge is 0.309 e. The monoisotopic (exact) mass is 339 g/mol. The summed E-state index contributed by atoms with van der Waals surface area (Å²) in [5.41, 5.74) is 1.55. The minimum atomic E-state index is -1.36. The van der Waals surface area contributed by atoms with Crippen molar-refractivity contribution in [3.05, 3.63) is 45.8 Å². The predicted molar refractivity (Wildman–Crippen MR) is 91.8 cm³/mol. The lowest BCUT2D eigenvalue weighted by Crippen LogP contribution is -2.29. The van der Waals surface area contributed by atoms with Crippen LogP contribution in [0, 0.1) is 23.2 Å². The Kier molecular flexibility index (Phi) is 4.72. The van der Waals surface area contributed by atoms with Crippen LogP contribution < -0.4 is 5.32 Å². The molecule has 0 saturated carbocycles. The molecule has 5 nitrogen and oxygen atoms in total. The molecule has 2 aromatic heterocycles. The van der Waals surface area contributed by atoms with Gasteiger partial charge in [0.25, 0.3) is 5.91 Å². The molecule has 3 rings (SSSR count). The lowest BCUT2D eigenvalue weighted by molar-refractivity contribution is -0.117. The van der Waals surface area contributed by atoms with Crippen molar-refractivity contribution < 1.29 is 9.59 Å². The Hall–Kier alpha value is -2.52. The maximum absolute atomic E-state index is 12.7. The van der Waals surface area contributed by atoms with E-state index in [1.165, 1.54) is 11.1 Å². The summed E-state index contributed by atoms with van der Waals surface area (Å²) in [5, 5.41) is 13.7. The number of nitrogens with one attached hydrogen (secondary N) is 1. The molecule has 0 aromatic carbocycles. The summed E-state index contributed by atoms with van der Waals surface area (Å²) in [6, 6.07) is 6.90. The second-order valence-electron chi connectivity index (χ2n) is 6.03. The van der Waals surface area contributed by atoms with Crippen LogP contribution in [-0.2, 0) is 17.6 Å². The average molecular weight is 339 g/mol. The maximum Gasteiger partial charge on any atom is 0.250 e. The van der Waals surface area contributed by atoms with Crippen LogP contribution in [0.3, 0.4) is 0 Å². The van der Waals surface area contributed by atoms with Gasteiger partial charge in [-0.15, -0.1) is 11.3 Å². The predicted octanol–water partition coefficient (Wildman–Crippen LogP) is 3.23. The Labute approximate surface area is 144 Å². The Morgan fingerprint density at radius 3 is 3.00 bits per heavy atom. The zero-order valence-corrected chi connectivity index (χ0v) is 14.1. The number of carbonyl (C=O) groups is 2. The molecule has 0 bridgehead atoms. The number of carbonyl (C=O) groups excluding carboxylic acids is 2. The number of pyridine rings is 1. The van der Waals surface area contributed by atoms with E-state index >= 15 is 0 Å². The number of hydrogen-bond acceptors (Lipinski definition) is 5. The number of nitrogens with zero attached hydrogens (tertiary/aromatic N) is 2.